The Labute approximate surface area is 128 Å². The molecule has 1 amide bonds. The van der Waals surface area contributed by atoms with Crippen LogP contribution in [0, 0.1) is 0 Å². The number of aromatic nitrogens is 2. The summed E-state index contributed by atoms with van der Waals surface area (Å²) in [6.45, 7) is 0. The van der Waals surface area contributed by atoms with Crippen LogP contribution in [-0.2, 0) is 12.8 Å². The van der Waals surface area contributed by atoms with Gasteiger partial charge < -0.3 is 5.73 Å². The van der Waals surface area contributed by atoms with Crippen LogP contribution in [0.25, 0.3) is 10.2 Å². The first-order valence-electron chi connectivity index (χ1n) is 6.65. The Kier molecular flexibility index (Phi) is 2.90. The third-order valence-corrected chi connectivity index (χ3v) is 5.74. The fraction of sp³-hybridized carbons (Fsp3) is 0.214. The average Bonchev–Trinajstić information content (AvgIpc) is 3.13. The van der Waals surface area contributed by atoms with E-state index in [1.54, 1.807) is 17.5 Å². The quantitative estimate of drug-likeness (QED) is 0.761. The minimum absolute atomic E-state index is 0.206. The van der Waals surface area contributed by atoms with Gasteiger partial charge in [0.1, 0.15) is 10.4 Å². The van der Waals surface area contributed by atoms with Crippen LogP contribution >= 0.6 is 22.7 Å². The number of thiazole rings is 1. The first-order valence-corrected chi connectivity index (χ1v) is 8.28. The fourth-order valence-electron chi connectivity index (χ4n) is 2.51. The van der Waals surface area contributed by atoms with Crippen molar-refractivity contribution in [1.82, 2.24) is 9.97 Å². The number of hydrogen-bond donors (Lipinski definition) is 2. The van der Waals surface area contributed by atoms with Crippen molar-refractivity contribution in [3.05, 3.63) is 33.8 Å². The number of anilines is 2. The molecule has 0 unspecified atom stereocenters. The molecule has 21 heavy (non-hydrogen) atoms. The molecule has 3 N–H and O–H groups in total. The Balaban J connectivity index is 1.65. The highest BCUT2D eigenvalue weighted by Gasteiger charge is 2.21. The third-order valence-electron chi connectivity index (χ3n) is 3.50. The molecule has 1 aliphatic rings. The molecule has 4 rings (SSSR count). The van der Waals surface area contributed by atoms with Gasteiger partial charge in [0.05, 0.1) is 16.1 Å². The average molecular weight is 316 g/mol. The van der Waals surface area contributed by atoms with Crippen molar-refractivity contribution < 1.29 is 4.79 Å². The van der Waals surface area contributed by atoms with Gasteiger partial charge in [-0.2, -0.15) is 0 Å². The van der Waals surface area contributed by atoms with Crippen LogP contribution in [0.1, 0.15) is 26.7 Å². The number of carbonyl (C=O) groups excluding carboxylic acids is 1. The summed E-state index contributed by atoms with van der Waals surface area (Å²) in [7, 11) is 0. The van der Waals surface area contributed by atoms with Gasteiger partial charge >= 0.3 is 0 Å². The minimum Gasteiger partial charge on any atom is -0.396 e. The third kappa shape index (κ3) is 2.09. The Morgan fingerprint density at radius 3 is 3.05 bits per heavy atom. The Bertz CT molecular complexity index is 830. The molecule has 5 nitrogen and oxygen atoms in total. The Morgan fingerprint density at radius 2 is 2.24 bits per heavy atom. The summed E-state index contributed by atoms with van der Waals surface area (Å²) in [6, 6.07) is 3.75. The highest BCUT2D eigenvalue weighted by atomic mass is 32.1. The molecule has 0 saturated carbocycles. The predicted octanol–water partition coefficient (Wildman–Crippen LogP) is 3.08. The summed E-state index contributed by atoms with van der Waals surface area (Å²) in [5.74, 6) is -0.206. The topological polar surface area (TPSA) is 80.9 Å². The summed E-state index contributed by atoms with van der Waals surface area (Å²) < 4.78 is 0.918. The zero-order chi connectivity index (χ0) is 14.4. The van der Waals surface area contributed by atoms with E-state index in [0.717, 1.165) is 29.7 Å². The summed E-state index contributed by atoms with van der Waals surface area (Å²) in [5, 5.41) is 3.52. The van der Waals surface area contributed by atoms with Gasteiger partial charge in [0, 0.05) is 11.1 Å². The number of nitrogens with two attached hydrogens (primary N) is 1. The van der Waals surface area contributed by atoms with Crippen molar-refractivity contribution in [3.8, 4) is 0 Å². The van der Waals surface area contributed by atoms with Gasteiger partial charge in [-0.15, -0.1) is 22.7 Å². The van der Waals surface area contributed by atoms with Gasteiger partial charge in [-0.05, 0) is 31.4 Å². The molecule has 0 saturated heterocycles. The number of thiophene rings is 1. The number of nitrogens with zero attached hydrogens (tertiary/aromatic N) is 2. The van der Waals surface area contributed by atoms with Crippen LogP contribution in [0.4, 0.5) is 10.8 Å². The zero-order valence-electron chi connectivity index (χ0n) is 11.0. The van der Waals surface area contributed by atoms with Gasteiger partial charge in [-0.3, -0.25) is 15.1 Å². The molecular weight excluding hydrogens is 304 g/mol. The van der Waals surface area contributed by atoms with E-state index in [2.05, 4.69) is 15.3 Å². The predicted molar refractivity (Wildman–Crippen MR) is 86.1 cm³/mol. The number of nitrogen functional groups attached to an aromatic ring is 1. The van der Waals surface area contributed by atoms with Crippen molar-refractivity contribution >= 4 is 49.6 Å². The van der Waals surface area contributed by atoms with Gasteiger partial charge in [-0.25, -0.2) is 4.98 Å². The SMILES string of the molecule is Nc1c(C(=O)Nc2nc3c(s2)CCC3)sc2cccnc12. The van der Waals surface area contributed by atoms with E-state index in [4.69, 9.17) is 5.73 Å². The van der Waals surface area contributed by atoms with Crippen molar-refractivity contribution in [3.63, 3.8) is 0 Å². The lowest BCUT2D eigenvalue weighted by Crippen LogP contribution is -2.11. The molecule has 0 aliphatic heterocycles. The molecule has 106 valence electrons. The molecule has 3 heterocycles. The van der Waals surface area contributed by atoms with E-state index in [9.17, 15) is 4.79 Å². The lowest BCUT2D eigenvalue weighted by Gasteiger charge is -2.00. The molecule has 3 aromatic heterocycles. The van der Waals surface area contributed by atoms with Crippen molar-refractivity contribution in [2.75, 3.05) is 11.1 Å². The maximum absolute atomic E-state index is 12.4. The van der Waals surface area contributed by atoms with E-state index in [1.807, 2.05) is 12.1 Å². The Morgan fingerprint density at radius 1 is 1.33 bits per heavy atom. The smallest absolute Gasteiger partial charge is 0.269 e. The van der Waals surface area contributed by atoms with E-state index >= 15 is 0 Å². The lowest BCUT2D eigenvalue weighted by atomic mass is 10.3. The summed E-state index contributed by atoms with van der Waals surface area (Å²) in [4.78, 5) is 22.9. The number of fused-ring (bicyclic) bond motifs is 2. The maximum atomic E-state index is 12.4. The van der Waals surface area contributed by atoms with E-state index < -0.39 is 0 Å². The number of pyridine rings is 1. The van der Waals surface area contributed by atoms with Crippen LogP contribution in [0.5, 0.6) is 0 Å². The van der Waals surface area contributed by atoms with Crippen molar-refractivity contribution in [2.24, 2.45) is 0 Å². The number of nitrogens with one attached hydrogen (secondary N) is 1. The second-order valence-electron chi connectivity index (χ2n) is 4.89. The second kappa shape index (κ2) is 4.78. The summed E-state index contributed by atoms with van der Waals surface area (Å²) >= 11 is 2.92. The van der Waals surface area contributed by atoms with Crippen LogP contribution in [0.15, 0.2) is 18.3 Å². The molecule has 0 atom stereocenters. The number of aryl methyl sites for hydroxylation is 2. The van der Waals surface area contributed by atoms with Crippen LogP contribution in [-0.4, -0.2) is 15.9 Å². The summed E-state index contributed by atoms with van der Waals surface area (Å²) in [5.41, 5.74) is 8.29. The van der Waals surface area contributed by atoms with Gasteiger partial charge in [-0.1, -0.05) is 0 Å². The summed E-state index contributed by atoms with van der Waals surface area (Å²) in [6.07, 6.45) is 4.92. The number of hydrogen-bond acceptors (Lipinski definition) is 6. The molecule has 0 bridgehead atoms. The Hall–Kier alpha value is -1.99. The highest BCUT2D eigenvalue weighted by Crippen LogP contribution is 2.34. The molecule has 0 fully saturated rings. The molecule has 1 aliphatic carbocycles. The highest BCUT2D eigenvalue weighted by molar-refractivity contribution is 7.21. The number of amides is 1. The lowest BCUT2D eigenvalue weighted by molar-refractivity contribution is 0.103. The van der Waals surface area contributed by atoms with E-state index in [0.29, 0.717) is 21.2 Å². The second-order valence-corrected chi connectivity index (χ2v) is 7.03. The molecule has 3 aromatic rings. The first-order chi connectivity index (χ1) is 10.2. The zero-order valence-corrected chi connectivity index (χ0v) is 12.7. The standard InChI is InChI=1S/C14H12N4OS2/c15-10-11-9(5-2-6-16-11)20-12(10)13(19)18-14-17-7-3-1-4-8(7)21-14/h2,5-6H,1,3-4,15H2,(H,17,18,19). The van der Waals surface area contributed by atoms with Gasteiger partial charge in [0.25, 0.3) is 5.91 Å². The van der Waals surface area contributed by atoms with Crippen LogP contribution in [0.3, 0.4) is 0 Å². The molecule has 0 spiro atoms. The number of rotatable bonds is 2. The largest absolute Gasteiger partial charge is 0.396 e. The molecule has 0 aromatic carbocycles. The number of carbonyl (C=O) groups is 1. The van der Waals surface area contributed by atoms with E-state index in [1.165, 1.54) is 16.2 Å². The molecule has 7 heteroatoms. The first kappa shape index (κ1) is 12.7. The molecule has 0 radical (unpaired) electrons. The van der Waals surface area contributed by atoms with E-state index in [-0.39, 0.29) is 5.91 Å². The van der Waals surface area contributed by atoms with Crippen LogP contribution < -0.4 is 11.1 Å². The fourth-order valence-corrected chi connectivity index (χ4v) is 4.54. The van der Waals surface area contributed by atoms with Gasteiger partial charge in [0.15, 0.2) is 5.13 Å². The van der Waals surface area contributed by atoms with Crippen molar-refractivity contribution in [1.29, 1.82) is 0 Å². The maximum Gasteiger partial charge on any atom is 0.269 e. The van der Waals surface area contributed by atoms with Gasteiger partial charge in [0.2, 0.25) is 0 Å². The van der Waals surface area contributed by atoms with Crippen LogP contribution in [0.2, 0.25) is 0 Å². The molecular formula is C14H12N4OS2. The van der Waals surface area contributed by atoms with Crippen molar-refractivity contribution in [2.45, 2.75) is 19.3 Å². The normalized spacial score (nSPS) is 13.5. The monoisotopic (exact) mass is 316 g/mol. The minimum atomic E-state index is -0.206.